The van der Waals surface area contributed by atoms with Crippen molar-refractivity contribution in [1.82, 2.24) is 0 Å². The van der Waals surface area contributed by atoms with Crippen LogP contribution in [0.5, 0.6) is 0 Å². The topological polar surface area (TPSA) is 58.6 Å². The molecule has 2 aromatic rings. The third-order valence-electron chi connectivity index (χ3n) is 4.09. The summed E-state index contributed by atoms with van der Waals surface area (Å²) in [7, 11) is 1.33. The summed E-state index contributed by atoms with van der Waals surface area (Å²) < 4.78 is 4.73. The van der Waals surface area contributed by atoms with E-state index in [1.807, 2.05) is 0 Å². The lowest BCUT2D eigenvalue weighted by molar-refractivity contribution is -0.115. The van der Waals surface area contributed by atoms with Crippen LogP contribution in [-0.4, -0.2) is 32.1 Å². The van der Waals surface area contributed by atoms with Crippen LogP contribution in [0.2, 0.25) is 0 Å². The summed E-state index contributed by atoms with van der Waals surface area (Å²) in [6.07, 6.45) is 2.09. The van der Waals surface area contributed by atoms with Crippen molar-refractivity contribution >= 4 is 34.6 Å². The molecule has 0 bridgehead atoms. The number of anilines is 2. The van der Waals surface area contributed by atoms with Crippen LogP contribution in [0, 0.1) is 6.92 Å². The molecule has 0 saturated heterocycles. The van der Waals surface area contributed by atoms with E-state index in [9.17, 15) is 9.59 Å². The van der Waals surface area contributed by atoms with E-state index >= 15 is 0 Å². The quantitative estimate of drug-likeness (QED) is 0.865. The van der Waals surface area contributed by atoms with E-state index in [-0.39, 0.29) is 12.5 Å². The van der Waals surface area contributed by atoms with Gasteiger partial charge in [0.15, 0.2) is 0 Å². The van der Waals surface area contributed by atoms with Crippen LogP contribution in [0.15, 0.2) is 29.6 Å². The summed E-state index contributed by atoms with van der Waals surface area (Å²) >= 11 is 1.26. The van der Waals surface area contributed by atoms with Crippen LogP contribution in [0.1, 0.15) is 27.2 Å². The molecular weight excluding hydrogens is 324 g/mol. The van der Waals surface area contributed by atoms with Gasteiger partial charge in [0, 0.05) is 12.2 Å². The smallest absolute Gasteiger partial charge is 0.350 e. The number of esters is 1. The highest BCUT2D eigenvalue weighted by Crippen LogP contribution is 2.28. The van der Waals surface area contributed by atoms with Gasteiger partial charge in [-0.15, -0.1) is 11.3 Å². The van der Waals surface area contributed by atoms with Gasteiger partial charge in [-0.25, -0.2) is 4.79 Å². The van der Waals surface area contributed by atoms with Gasteiger partial charge in [-0.3, -0.25) is 4.79 Å². The third-order valence-corrected chi connectivity index (χ3v) is 4.99. The number of methoxy groups -OCH3 is 1. The molecule has 1 aliphatic heterocycles. The molecule has 1 amide bonds. The molecule has 0 aliphatic carbocycles. The first kappa shape index (κ1) is 16.5. The van der Waals surface area contributed by atoms with Crippen LogP contribution in [0.3, 0.4) is 0 Å². The first-order valence-corrected chi connectivity index (χ1v) is 8.76. The molecular formula is C18H20N2O3S. The second-order valence-electron chi connectivity index (χ2n) is 5.86. The van der Waals surface area contributed by atoms with Gasteiger partial charge in [0.1, 0.15) is 4.88 Å². The lowest BCUT2D eigenvalue weighted by Gasteiger charge is -2.31. The fourth-order valence-corrected chi connectivity index (χ4v) is 3.76. The monoisotopic (exact) mass is 344 g/mol. The van der Waals surface area contributed by atoms with Gasteiger partial charge in [0.2, 0.25) is 5.91 Å². The van der Waals surface area contributed by atoms with Gasteiger partial charge in [-0.05, 0) is 42.8 Å². The number of rotatable bonds is 4. The molecule has 1 N–H and O–H groups in total. The Labute approximate surface area is 145 Å². The molecule has 1 aromatic carbocycles. The van der Waals surface area contributed by atoms with E-state index in [0.29, 0.717) is 10.6 Å². The van der Waals surface area contributed by atoms with Gasteiger partial charge in [-0.1, -0.05) is 17.7 Å². The molecule has 126 valence electrons. The maximum Gasteiger partial charge on any atom is 0.350 e. The number of nitrogens with zero attached hydrogens (tertiary/aromatic N) is 1. The molecule has 1 aliphatic rings. The van der Waals surface area contributed by atoms with Gasteiger partial charge in [0.05, 0.1) is 19.3 Å². The zero-order valence-corrected chi connectivity index (χ0v) is 14.6. The lowest BCUT2D eigenvalue weighted by Crippen LogP contribution is -2.36. The Morgan fingerprint density at radius 1 is 1.33 bits per heavy atom. The molecule has 0 saturated carbocycles. The number of hydrogen-bond donors (Lipinski definition) is 1. The summed E-state index contributed by atoms with van der Waals surface area (Å²) in [5.41, 5.74) is 4.17. The maximum atomic E-state index is 12.4. The molecule has 2 heterocycles. The Bertz CT molecular complexity index is 769. The first-order chi connectivity index (χ1) is 11.6. The van der Waals surface area contributed by atoms with Crippen molar-refractivity contribution in [2.24, 2.45) is 0 Å². The number of nitrogens with one attached hydrogen (secondary N) is 1. The minimum absolute atomic E-state index is 0.132. The van der Waals surface area contributed by atoms with Gasteiger partial charge in [-0.2, -0.15) is 0 Å². The second-order valence-corrected chi connectivity index (χ2v) is 6.78. The fourth-order valence-electron chi connectivity index (χ4n) is 2.99. The number of thiophene rings is 1. The standard InChI is InChI=1S/C18H20N2O3S/c1-12-5-6-15-13(10-12)4-3-8-20(15)11-16(21)19-14-7-9-24-17(14)18(22)23-2/h5-7,9-10H,3-4,8,11H2,1-2H3,(H,19,21). The first-order valence-electron chi connectivity index (χ1n) is 7.88. The zero-order chi connectivity index (χ0) is 17.1. The van der Waals surface area contributed by atoms with Crippen LogP contribution >= 0.6 is 11.3 Å². The fraction of sp³-hybridized carbons (Fsp3) is 0.333. The summed E-state index contributed by atoms with van der Waals surface area (Å²) in [6.45, 7) is 3.21. The third kappa shape index (κ3) is 3.43. The number of fused-ring (bicyclic) bond motifs is 1. The van der Waals surface area contributed by atoms with Crippen LogP contribution in [0.4, 0.5) is 11.4 Å². The maximum absolute atomic E-state index is 12.4. The Hall–Kier alpha value is -2.34. The zero-order valence-electron chi connectivity index (χ0n) is 13.8. The lowest BCUT2D eigenvalue weighted by atomic mass is 9.99. The summed E-state index contributed by atoms with van der Waals surface area (Å²) in [5.74, 6) is -0.564. The number of carbonyl (C=O) groups excluding carboxylic acids is 2. The molecule has 0 atom stereocenters. The van der Waals surface area contributed by atoms with E-state index in [1.165, 1.54) is 29.6 Å². The van der Waals surface area contributed by atoms with E-state index in [0.717, 1.165) is 25.1 Å². The summed E-state index contributed by atoms with van der Waals surface area (Å²) in [5, 5.41) is 4.59. The van der Waals surface area contributed by atoms with E-state index < -0.39 is 5.97 Å². The van der Waals surface area contributed by atoms with Crippen molar-refractivity contribution in [2.75, 3.05) is 30.4 Å². The molecule has 0 unspecified atom stereocenters. The number of ether oxygens (including phenoxy) is 1. The number of amides is 1. The molecule has 1 aromatic heterocycles. The largest absolute Gasteiger partial charge is 0.465 e. The number of hydrogen-bond acceptors (Lipinski definition) is 5. The van der Waals surface area contributed by atoms with Crippen molar-refractivity contribution in [1.29, 1.82) is 0 Å². The van der Waals surface area contributed by atoms with Crippen molar-refractivity contribution in [3.8, 4) is 0 Å². The van der Waals surface area contributed by atoms with Crippen LogP contribution in [0.25, 0.3) is 0 Å². The minimum atomic E-state index is -0.431. The van der Waals surface area contributed by atoms with Gasteiger partial charge < -0.3 is 15.0 Å². The predicted molar refractivity (Wildman–Crippen MR) is 96.0 cm³/mol. The predicted octanol–water partition coefficient (Wildman–Crippen LogP) is 3.23. The Morgan fingerprint density at radius 3 is 2.96 bits per heavy atom. The van der Waals surface area contributed by atoms with Crippen molar-refractivity contribution in [3.05, 3.63) is 45.6 Å². The molecule has 5 nitrogen and oxygen atoms in total. The minimum Gasteiger partial charge on any atom is -0.465 e. The van der Waals surface area contributed by atoms with E-state index in [4.69, 9.17) is 4.74 Å². The molecule has 24 heavy (non-hydrogen) atoms. The highest BCUT2D eigenvalue weighted by molar-refractivity contribution is 7.12. The highest BCUT2D eigenvalue weighted by Gasteiger charge is 2.21. The Morgan fingerprint density at radius 2 is 2.17 bits per heavy atom. The van der Waals surface area contributed by atoms with Gasteiger partial charge in [0.25, 0.3) is 0 Å². The Balaban J connectivity index is 1.71. The number of carbonyl (C=O) groups is 2. The summed E-state index contributed by atoms with van der Waals surface area (Å²) in [4.78, 5) is 26.6. The normalized spacial score (nSPS) is 13.3. The van der Waals surface area contributed by atoms with Crippen molar-refractivity contribution in [2.45, 2.75) is 19.8 Å². The van der Waals surface area contributed by atoms with Crippen LogP contribution < -0.4 is 10.2 Å². The Kier molecular flexibility index (Phi) is 4.85. The molecule has 0 spiro atoms. The van der Waals surface area contributed by atoms with Gasteiger partial charge >= 0.3 is 5.97 Å². The van der Waals surface area contributed by atoms with E-state index in [2.05, 4.69) is 35.3 Å². The van der Waals surface area contributed by atoms with Crippen molar-refractivity contribution in [3.63, 3.8) is 0 Å². The summed E-state index contributed by atoms with van der Waals surface area (Å²) in [6, 6.07) is 8.07. The van der Waals surface area contributed by atoms with Crippen LogP contribution in [-0.2, 0) is 16.0 Å². The van der Waals surface area contributed by atoms with E-state index in [1.54, 1.807) is 11.4 Å². The average Bonchev–Trinajstić information content (AvgIpc) is 3.02. The molecule has 6 heteroatoms. The molecule has 0 fully saturated rings. The number of benzene rings is 1. The van der Waals surface area contributed by atoms with Crippen molar-refractivity contribution < 1.29 is 14.3 Å². The number of aryl methyl sites for hydroxylation is 2. The molecule has 0 radical (unpaired) electrons. The highest BCUT2D eigenvalue weighted by atomic mass is 32.1. The molecule has 3 rings (SSSR count). The SMILES string of the molecule is COC(=O)c1sccc1NC(=O)CN1CCCc2cc(C)ccc21. The second kappa shape index (κ2) is 7.05. The average molecular weight is 344 g/mol.